The second-order valence-electron chi connectivity index (χ2n) is 4.94. The van der Waals surface area contributed by atoms with Gasteiger partial charge in [-0.05, 0) is 23.3 Å². The van der Waals surface area contributed by atoms with Gasteiger partial charge in [0.2, 0.25) is 0 Å². The van der Waals surface area contributed by atoms with Crippen LogP contribution < -0.4 is 10.1 Å². The minimum atomic E-state index is 0.138. The number of ether oxygens (including phenoxy) is 2. The normalized spacial score (nSPS) is 18.1. The molecule has 1 aliphatic rings. The van der Waals surface area contributed by atoms with Gasteiger partial charge in [0.25, 0.3) is 0 Å². The van der Waals surface area contributed by atoms with Gasteiger partial charge in [0.1, 0.15) is 18.6 Å². The summed E-state index contributed by atoms with van der Waals surface area (Å²) in [6.07, 6.45) is 1.02. The molecule has 3 rings (SSSR count). The highest BCUT2D eigenvalue weighted by Gasteiger charge is 2.14. The van der Waals surface area contributed by atoms with E-state index in [-0.39, 0.29) is 6.23 Å². The van der Waals surface area contributed by atoms with Gasteiger partial charge in [0.15, 0.2) is 0 Å². The molecule has 1 atom stereocenters. The molecule has 1 fully saturated rings. The van der Waals surface area contributed by atoms with Crippen molar-refractivity contribution in [3.8, 4) is 5.75 Å². The molecule has 1 unspecified atom stereocenters. The van der Waals surface area contributed by atoms with Gasteiger partial charge in [-0.15, -0.1) is 0 Å². The molecule has 1 heterocycles. The van der Waals surface area contributed by atoms with Gasteiger partial charge in [-0.2, -0.15) is 0 Å². The predicted molar refractivity (Wildman–Crippen MR) is 78.7 cm³/mol. The highest BCUT2D eigenvalue weighted by molar-refractivity contribution is 5.29. The molecule has 2 aromatic carbocycles. The van der Waals surface area contributed by atoms with Crippen molar-refractivity contribution in [2.75, 3.05) is 13.2 Å². The molecule has 0 aliphatic carbocycles. The van der Waals surface area contributed by atoms with Crippen molar-refractivity contribution in [3.05, 3.63) is 65.7 Å². The van der Waals surface area contributed by atoms with E-state index in [0.29, 0.717) is 6.61 Å². The Balaban J connectivity index is 1.59. The Bertz CT molecular complexity index is 536. The van der Waals surface area contributed by atoms with E-state index in [1.165, 1.54) is 11.1 Å². The van der Waals surface area contributed by atoms with Crippen LogP contribution in [0.4, 0.5) is 0 Å². The summed E-state index contributed by atoms with van der Waals surface area (Å²) in [5, 5.41) is 3.32. The van der Waals surface area contributed by atoms with E-state index < -0.39 is 0 Å². The molecule has 1 saturated heterocycles. The lowest BCUT2D eigenvalue weighted by Gasteiger charge is -2.11. The van der Waals surface area contributed by atoms with E-state index in [1.54, 1.807) is 0 Å². The number of rotatable bonds is 5. The first kappa shape index (κ1) is 13.2. The molecule has 0 amide bonds. The molecule has 1 N–H and O–H groups in total. The molecule has 3 heteroatoms. The van der Waals surface area contributed by atoms with Crippen LogP contribution in [0.1, 0.15) is 11.1 Å². The standard InChI is InChI=1S/C17H19NO2/c1-2-5-14(6-3-1)13-20-16-8-4-7-15(11-16)12-17-18-9-10-19-17/h1-8,11,17-18H,9-10,12-13H2. The highest BCUT2D eigenvalue weighted by atomic mass is 16.5. The van der Waals surface area contributed by atoms with Crippen molar-refractivity contribution in [1.82, 2.24) is 5.32 Å². The maximum absolute atomic E-state index is 5.84. The van der Waals surface area contributed by atoms with E-state index >= 15 is 0 Å². The highest BCUT2D eigenvalue weighted by Crippen LogP contribution is 2.17. The van der Waals surface area contributed by atoms with Gasteiger partial charge in [-0.25, -0.2) is 0 Å². The third-order valence-electron chi connectivity index (χ3n) is 3.36. The monoisotopic (exact) mass is 269 g/mol. The Morgan fingerprint density at radius 1 is 1.05 bits per heavy atom. The molecule has 2 aromatic rings. The van der Waals surface area contributed by atoms with E-state index in [4.69, 9.17) is 9.47 Å². The van der Waals surface area contributed by atoms with Crippen LogP contribution >= 0.6 is 0 Å². The summed E-state index contributed by atoms with van der Waals surface area (Å²) in [5.41, 5.74) is 2.41. The molecule has 104 valence electrons. The van der Waals surface area contributed by atoms with Gasteiger partial charge in [-0.3, -0.25) is 5.32 Å². The Labute approximate surface area is 119 Å². The second-order valence-corrected chi connectivity index (χ2v) is 4.94. The van der Waals surface area contributed by atoms with Crippen LogP contribution in [0, 0.1) is 0 Å². The number of benzene rings is 2. The Morgan fingerprint density at radius 3 is 2.70 bits per heavy atom. The topological polar surface area (TPSA) is 30.5 Å². The zero-order chi connectivity index (χ0) is 13.6. The summed E-state index contributed by atoms with van der Waals surface area (Å²) in [7, 11) is 0. The molecular formula is C17H19NO2. The number of nitrogens with one attached hydrogen (secondary N) is 1. The molecular weight excluding hydrogens is 250 g/mol. The first-order valence-electron chi connectivity index (χ1n) is 7.01. The summed E-state index contributed by atoms with van der Waals surface area (Å²) in [5.74, 6) is 0.907. The molecule has 1 aliphatic heterocycles. The summed E-state index contributed by atoms with van der Waals surface area (Å²) in [6.45, 7) is 2.34. The van der Waals surface area contributed by atoms with E-state index in [1.807, 2.05) is 30.3 Å². The van der Waals surface area contributed by atoms with Crippen molar-refractivity contribution >= 4 is 0 Å². The van der Waals surface area contributed by atoms with Gasteiger partial charge in [0.05, 0.1) is 6.61 Å². The summed E-state index contributed by atoms with van der Waals surface area (Å²) < 4.78 is 11.4. The van der Waals surface area contributed by atoms with E-state index in [0.717, 1.165) is 25.3 Å². The lowest BCUT2D eigenvalue weighted by Crippen LogP contribution is -2.24. The number of hydrogen-bond donors (Lipinski definition) is 1. The van der Waals surface area contributed by atoms with Gasteiger partial charge in [-0.1, -0.05) is 42.5 Å². The number of hydrogen-bond acceptors (Lipinski definition) is 3. The second kappa shape index (κ2) is 6.55. The smallest absolute Gasteiger partial charge is 0.120 e. The van der Waals surface area contributed by atoms with Crippen LogP contribution in [-0.2, 0) is 17.8 Å². The largest absolute Gasteiger partial charge is 0.489 e. The molecule has 0 aromatic heterocycles. The quantitative estimate of drug-likeness (QED) is 0.905. The molecule has 20 heavy (non-hydrogen) atoms. The van der Waals surface area contributed by atoms with E-state index in [9.17, 15) is 0 Å². The van der Waals surface area contributed by atoms with Crippen LogP contribution in [0.25, 0.3) is 0 Å². The summed E-state index contributed by atoms with van der Waals surface area (Å²) >= 11 is 0. The fourth-order valence-electron chi connectivity index (χ4n) is 2.33. The maximum Gasteiger partial charge on any atom is 0.120 e. The van der Waals surface area contributed by atoms with E-state index in [2.05, 4.69) is 29.6 Å². The van der Waals surface area contributed by atoms with Crippen LogP contribution in [0.3, 0.4) is 0 Å². The first-order chi connectivity index (χ1) is 9.90. The third-order valence-corrected chi connectivity index (χ3v) is 3.36. The van der Waals surface area contributed by atoms with Crippen molar-refractivity contribution < 1.29 is 9.47 Å². The first-order valence-corrected chi connectivity index (χ1v) is 7.01. The maximum atomic E-state index is 5.84. The predicted octanol–water partition coefficient (Wildman–Crippen LogP) is 2.75. The SMILES string of the molecule is c1ccc(COc2cccc(CC3NCCO3)c2)cc1. The molecule has 0 radical (unpaired) electrons. The van der Waals surface area contributed by atoms with Crippen LogP contribution in [0.15, 0.2) is 54.6 Å². The Kier molecular flexibility index (Phi) is 4.31. The van der Waals surface area contributed by atoms with Gasteiger partial charge >= 0.3 is 0 Å². The third kappa shape index (κ3) is 3.59. The molecule has 0 bridgehead atoms. The molecule has 3 nitrogen and oxygen atoms in total. The minimum Gasteiger partial charge on any atom is -0.489 e. The Morgan fingerprint density at radius 2 is 1.90 bits per heavy atom. The van der Waals surface area contributed by atoms with Crippen LogP contribution in [0.2, 0.25) is 0 Å². The summed E-state index contributed by atoms with van der Waals surface area (Å²) in [4.78, 5) is 0. The fourth-order valence-corrected chi connectivity index (χ4v) is 2.33. The zero-order valence-electron chi connectivity index (χ0n) is 11.4. The van der Waals surface area contributed by atoms with Crippen LogP contribution in [0.5, 0.6) is 5.75 Å². The van der Waals surface area contributed by atoms with Crippen LogP contribution in [-0.4, -0.2) is 19.4 Å². The zero-order valence-corrected chi connectivity index (χ0v) is 11.4. The fraction of sp³-hybridized carbons (Fsp3) is 0.294. The average Bonchev–Trinajstić information content (AvgIpc) is 3.00. The van der Waals surface area contributed by atoms with Gasteiger partial charge in [0, 0.05) is 13.0 Å². The minimum absolute atomic E-state index is 0.138. The van der Waals surface area contributed by atoms with Gasteiger partial charge < -0.3 is 9.47 Å². The van der Waals surface area contributed by atoms with Crippen molar-refractivity contribution in [1.29, 1.82) is 0 Å². The van der Waals surface area contributed by atoms with Crippen molar-refractivity contribution in [2.24, 2.45) is 0 Å². The average molecular weight is 269 g/mol. The molecule has 0 spiro atoms. The lowest BCUT2D eigenvalue weighted by molar-refractivity contribution is 0.102. The molecule has 0 saturated carbocycles. The summed E-state index contributed by atoms with van der Waals surface area (Å²) in [6, 6.07) is 18.4. The Hall–Kier alpha value is -1.84. The van der Waals surface area contributed by atoms with Crippen molar-refractivity contribution in [2.45, 2.75) is 19.3 Å². The lowest BCUT2D eigenvalue weighted by atomic mass is 10.1. The van der Waals surface area contributed by atoms with Crippen molar-refractivity contribution in [3.63, 3.8) is 0 Å².